The van der Waals surface area contributed by atoms with Crippen molar-refractivity contribution in [2.45, 2.75) is 31.8 Å². The van der Waals surface area contributed by atoms with E-state index in [1.807, 2.05) is 0 Å². The van der Waals surface area contributed by atoms with Gasteiger partial charge in [-0.05, 0) is 43.9 Å². The molecule has 1 fully saturated rings. The van der Waals surface area contributed by atoms with E-state index in [9.17, 15) is 4.79 Å². The van der Waals surface area contributed by atoms with Gasteiger partial charge >= 0.3 is 5.97 Å². The first-order valence-corrected chi connectivity index (χ1v) is 6.86. The Balaban J connectivity index is 1.83. The van der Waals surface area contributed by atoms with E-state index in [1.54, 1.807) is 6.07 Å². The summed E-state index contributed by atoms with van der Waals surface area (Å²) in [5.41, 5.74) is 0.188. The molecule has 0 spiro atoms. The molecule has 1 atom stereocenters. The highest BCUT2D eigenvalue weighted by atomic mass is 16.5. The monoisotopic (exact) mass is 280 g/mol. The summed E-state index contributed by atoms with van der Waals surface area (Å²) >= 11 is 0. The number of carbonyl (C=O) groups is 1. The van der Waals surface area contributed by atoms with E-state index in [-0.39, 0.29) is 5.56 Å². The fraction of sp³-hybridized carbons (Fsp3) is 0.533. The Bertz CT molecular complexity index is 452. The third-order valence-electron chi connectivity index (χ3n) is 3.36. The Kier molecular flexibility index (Phi) is 5.24. The zero-order valence-corrected chi connectivity index (χ0v) is 11.6. The Morgan fingerprint density at radius 2 is 2.30 bits per heavy atom. The van der Waals surface area contributed by atoms with Gasteiger partial charge in [0.25, 0.3) is 0 Å². The lowest BCUT2D eigenvalue weighted by molar-refractivity contribution is 0.0696. The molecule has 5 nitrogen and oxygen atoms in total. The molecule has 20 heavy (non-hydrogen) atoms. The molecular weight excluding hydrogens is 260 g/mol. The predicted octanol–water partition coefficient (Wildman–Crippen LogP) is 2.73. The summed E-state index contributed by atoms with van der Waals surface area (Å²) in [7, 11) is 1.50. The SMILES string of the molecule is COc1cc(C(=O)O)ccc1OCCCC1CCCO1. The average Bonchev–Trinajstić information content (AvgIpc) is 2.96. The van der Waals surface area contributed by atoms with E-state index < -0.39 is 5.97 Å². The molecule has 1 heterocycles. The molecule has 1 unspecified atom stereocenters. The summed E-state index contributed by atoms with van der Waals surface area (Å²) in [6, 6.07) is 4.62. The maximum atomic E-state index is 10.9. The van der Waals surface area contributed by atoms with E-state index in [0.717, 1.165) is 32.3 Å². The third-order valence-corrected chi connectivity index (χ3v) is 3.36. The van der Waals surface area contributed by atoms with Crippen molar-refractivity contribution < 1.29 is 24.1 Å². The van der Waals surface area contributed by atoms with Crippen LogP contribution in [-0.2, 0) is 4.74 Å². The second-order valence-corrected chi connectivity index (χ2v) is 4.80. The number of carboxylic acids is 1. The molecule has 1 aliphatic heterocycles. The number of carboxylic acid groups (broad SMARTS) is 1. The van der Waals surface area contributed by atoms with Gasteiger partial charge in [0.05, 0.1) is 25.4 Å². The minimum atomic E-state index is -0.978. The van der Waals surface area contributed by atoms with E-state index in [0.29, 0.717) is 24.2 Å². The summed E-state index contributed by atoms with van der Waals surface area (Å²) < 4.78 is 16.3. The lowest BCUT2D eigenvalue weighted by Gasteiger charge is -2.12. The summed E-state index contributed by atoms with van der Waals surface area (Å²) in [4.78, 5) is 10.9. The van der Waals surface area contributed by atoms with E-state index in [4.69, 9.17) is 19.3 Å². The summed E-state index contributed by atoms with van der Waals surface area (Å²) in [5.74, 6) is 0.0417. The van der Waals surface area contributed by atoms with Gasteiger partial charge in [-0.1, -0.05) is 0 Å². The Morgan fingerprint density at radius 1 is 1.45 bits per heavy atom. The lowest BCUT2D eigenvalue weighted by atomic mass is 10.1. The van der Waals surface area contributed by atoms with Crippen LogP contribution in [0.25, 0.3) is 0 Å². The fourth-order valence-electron chi connectivity index (χ4n) is 2.29. The van der Waals surface area contributed by atoms with Gasteiger partial charge in [-0.25, -0.2) is 4.79 Å². The minimum absolute atomic E-state index is 0.188. The zero-order chi connectivity index (χ0) is 14.4. The maximum absolute atomic E-state index is 10.9. The van der Waals surface area contributed by atoms with Gasteiger partial charge in [0.1, 0.15) is 0 Å². The van der Waals surface area contributed by atoms with Crippen LogP contribution < -0.4 is 9.47 Å². The third kappa shape index (κ3) is 3.87. The largest absolute Gasteiger partial charge is 0.493 e. The molecule has 0 bridgehead atoms. The molecule has 5 heteroatoms. The van der Waals surface area contributed by atoms with Crippen LogP contribution in [0.5, 0.6) is 11.5 Å². The molecule has 1 aromatic carbocycles. The van der Waals surface area contributed by atoms with Gasteiger partial charge in [-0.3, -0.25) is 0 Å². The van der Waals surface area contributed by atoms with Gasteiger partial charge in [0.2, 0.25) is 0 Å². The van der Waals surface area contributed by atoms with Crippen LogP contribution in [-0.4, -0.2) is 37.5 Å². The number of aromatic carboxylic acids is 1. The van der Waals surface area contributed by atoms with Crippen molar-refractivity contribution in [1.82, 2.24) is 0 Å². The minimum Gasteiger partial charge on any atom is -0.493 e. The van der Waals surface area contributed by atoms with Crippen molar-refractivity contribution in [3.63, 3.8) is 0 Å². The summed E-state index contributed by atoms with van der Waals surface area (Å²) in [6.07, 6.45) is 4.56. The number of hydrogen-bond donors (Lipinski definition) is 1. The topological polar surface area (TPSA) is 65.0 Å². The van der Waals surface area contributed by atoms with Gasteiger partial charge in [0, 0.05) is 6.61 Å². The van der Waals surface area contributed by atoms with E-state index in [2.05, 4.69) is 0 Å². The number of hydrogen-bond acceptors (Lipinski definition) is 4. The van der Waals surface area contributed by atoms with Crippen molar-refractivity contribution in [2.75, 3.05) is 20.3 Å². The van der Waals surface area contributed by atoms with Crippen LogP contribution in [0.4, 0.5) is 0 Å². The highest BCUT2D eigenvalue weighted by Crippen LogP contribution is 2.28. The first kappa shape index (κ1) is 14.7. The molecular formula is C15H20O5. The number of methoxy groups -OCH3 is 1. The smallest absolute Gasteiger partial charge is 0.335 e. The Morgan fingerprint density at radius 3 is 2.95 bits per heavy atom. The van der Waals surface area contributed by atoms with Crippen LogP contribution in [0.1, 0.15) is 36.0 Å². The molecule has 0 aliphatic carbocycles. The highest BCUT2D eigenvalue weighted by molar-refractivity contribution is 5.88. The quantitative estimate of drug-likeness (QED) is 0.778. The molecule has 1 saturated heterocycles. The second-order valence-electron chi connectivity index (χ2n) is 4.80. The Labute approximate surface area is 118 Å². The van der Waals surface area contributed by atoms with Crippen molar-refractivity contribution >= 4 is 5.97 Å². The van der Waals surface area contributed by atoms with Crippen molar-refractivity contribution in [3.05, 3.63) is 23.8 Å². The maximum Gasteiger partial charge on any atom is 0.335 e. The molecule has 0 radical (unpaired) electrons. The molecule has 2 rings (SSSR count). The molecule has 1 aliphatic rings. The van der Waals surface area contributed by atoms with Gasteiger partial charge in [-0.15, -0.1) is 0 Å². The number of rotatable bonds is 7. The standard InChI is InChI=1S/C15H20O5/c1-18-14-10-11(15(16)17)6-7-13(14)20-9-3-5-12-4-2-8-19-12/h6-7,10,12H,2-5,8-9H2,1H3,(H,16,17). The molecule has 110 valence electrons. The van der Waals surface area contributed by atoms with Crippen molar-refractivity contribution in [1.29, 1.82) is 0 Å². The van der Waals surface area contributed by atoms with E-state index in [1.165, 1.54) is 19.2 Å². The van der Waals surface area contributed by atoms with Crippen molar-refractivity contribution in [2.24, 2.45) is 0 Å². The van der Waals surface area contributed by atoms with Crippen LogP contribution in [0.2, 0.25) is 0 Å². The summed E-state index contributed by atoms with van der Waals surface area (Å²) in [6.45, 7) is 1.44. The van der Waals surface area contributed by atoms with Crippen LogP contribution in [0.3, 0.4) is 0 Å². The summed E-state index contributed by atoms with van der Waals surface area (Å²) in [5, 5.41) is 8.92. The lowest BCUT2D eigenvalue weighted by Crippen LogP contribution is -2.08. The normalized spacial score (nSPS) is 17.9. The van der Waals surface area contributed by atoms with Crippen molar-refractivity contribution in [3.8, 4) is 11.5 Å². The first-order valence-electron chi connectivity index (χ1n) is 6.86. The van der Waals surface area contributed by atoms with Gasteiger partial charge in [0.15, 0.2) is 11.5 Å². The Hall–Kier alpha value is -1.75. The highest BCUT2D eigenvalue weighted by Gasteiger charge is 2.15. The average molecular weight is 280 g/mol. The number of benzene rings is 1. The van der Waals surface area contributed by atoms with Gasteiger partial charge in [-0.2, -0.15) is 0 Å². The van der Waals surface area contributed by atoms with Gasteiger partial charge < -0.3 is 19.3 Å². The van der Waals surface area contributed by atoms with Crippen LogP contribution in [0, 0.1) is 0 Å². The first-order chi connectivity index (χ1) is 9.70. The zero-order valence-electron chi connectivity index (χ0n) is 11.6. The van der Waals surface area contributed by atoms with Crippen LogP contribution in [0.15, 0.2) is 18.2 Å². The molecule has 0 aromatic heterocycles. The molecule has 1 aromatic rings. The second kappa shape index (κ2) is 7.14. The van der Waals surface area contributed by atoms with Crippen LogP contribution >= 0.6 is 0 Å². The molecule has 1 N–H and O–H groups in total. The van der Waals surface area contributed by atoms with E-state index >= 15 is 0 Å². The number of ether oxygens (including phenoxy) is 3. The molecule has 0 saturated carbocycles. The predicted molar refractivity (Wildman–Crippen MR) is 73.7 cm³/mol. The molecule has 0 amide bonds. The fourth-order valence-corrected chi connectivity index (χ4v) is 2.29.